The van der Waals surface area contributed by atoms with E-state index in [0.717, 1.165) is 5.56 Å². The number of halogens is 1. The second-order valence-electron chi connectivity index (χ2n) is 2.61. The smallest absolute Gasteiger partial charge is 0.126 e. The molecule has 0 bridgehead atoms. The van der Waals surface area contributed by atoms with E-state index < -0.39 is 0 Å². The van der Waals surface area contributed by atoms with E-state index in [1.54, 1.807) is 25.0 Å². The Bertz CT molecular complexity index is 325. The summed E-state index contributed by atoms with van der Waals surface area (Å²) in [6, 6.07) is 4.93. The van der Waals surface area contributed by atoms with Crippen molar-refractivity contribution in [1.29, 1.82) is 0 Å². The van der Waals surface area contributed by atoms with E-state index >= 15 is 0 Å². The van der Waals surface area contributed by atoms with Gasteiger partial charge in [-0.2, -0.15) is 0 Å². The maximum atomic E-state index is 12.9. The molecule has 0 saturated carbocycles. The molecule has 1 rings (SSSR count). The van der Waals surface area contributed by atoms with Crippen LogP contribution >= 0.6 is 0 Å². The highest BCUT2D eigenvalue weighted by atomic mass is 19.1. The molecular formula is C10H9FO. The molecule has 1 aromatic carbocycles. The highest BCUT2D eigenvalue weighted by Crippen LogP contribution is 2.09. The largest absolute Gasteiger partial charge is 0.234 e. The predicted octanol–water partition coefficient (Wildman–Crippen LogP) is 2.06. The molecule has 0 aliphatic heterocycles. The van der Waals surface area contributed by atoms with Crippen LogP contribution < -0.4 is 0 Å². The van der Waals surface area contributed by atoms with Crippen molar-refractivity contribution in [3.05, 3.63) is 41.2 Å². The number of aryl methyl sites for hydroxylation is 1. The molecule has 2 heteroatoms. The molecule has 1 aromatic rings. The molecule has 12 heavy (non-hydrogen) atoms. The summed E-state index contributed by atoms with van der Waals surface area (Å²) in [6.07, 6.45) is 1.78. The lowest BCUT2D eigenvalue weighted by molar-refractivity contribution is 0.568. The second kappa shape index (κ2) is 3.84. The number of allylic oxidation sites excluding steroid dienone is 1. The van der Waals surface area contributed by atoms with Gasteiger partial charge in [0.25, 0.3) is 0 Å². The Kier molecular flexibility index (Phi) is 2.78. The fourth-order valence-electron chi connectivity index (χ4n) is 0.923. The lowest BCUT2D eigenvalue weighted by atomic mass is 10.1. The third-order valence-electron chi connectivity index (χ3n) is 1.66. The zero-order chi connectivity index (χ0) is 8.97. The standard InChI is InChI=1S/C10H9FO/c1-8-4-5-9(3-2-6-12)7-10(8)11/h2,4-5,7H,3H2,1H3. The van der Waals surface area contributed by atoms with Gasteiger partial charge in [-0.15, -0.1) is 0 Å². The molecule has 0 aromatic heterocycles. The summed E-state index contributed by atoms with van der Waals surface area (Å²) in [5.74, 6) is 1.42. The van der Waals surface area contributed by atoms with E-state index in [9.17, 15) is 9.18 Å². The fourth-order valence-corrected chi connectivity index (χ4v) is 0.923. The summed E-state index contributed by atoms with van der Waals surface area (Å²) in [4.78, 5) is 9.86. The van der Waals surface area contributed by atoms with Crippen molar-refractivity contribution in [3.63, 3.8) is 0 Å². The molecule has 0 atom stereocenters. The lowest BCUT2D eigenvalue weighted by Gasteiger charge is -1.98. The van der Waals surface area contributed by atoms with Gasteiger partial charge in [0.15, 0.2) is 0 Å². The van der Waals surface area contributed by atoms with Gasteiger partial charge < -0.3 is 0 Å². The van der Waals surface area contributed by atoms with Crippen LogP contribution in [0.3, 0.4) is 0 Å². The van der Waals surface area contributed by atoms with Gasteiger partial charge in [0, 0.05) is 12.5 Å². The molecular weight excluding hydrogens is 155 g/mol. The average molecular weight is 164 g/mol. The summed E-state index contributed by atoms with van der Waals surface area (Å²) in [7, 11) is 0. The molecule has 0 spiro atoms. The van der Waals surface area contributed by atoms with Crippen LogP contribution in [0.15, 0.2) is 24.3 Å². The monoisotopic (exact) mass is 164 g/mol. The summed E-state index contributed by atoms with van der Waals surface area (Å²) >= 11 is 0. The van der Waals surface area contributed by atoms with E-state index in [2.05, 4.69) is 0 Å². The van der Waals surface area contributed by atoms with Crippen molar-refractivity contribution >= 4 is 5.94 Å². The van der Waals surface area contributed by atoms with Crippen LogP contribution in [0.5, 0.6) is 0 Å². The first-order valence-electron chi connectivity index (χ1n) is 3.68. The summed E-state index contributed by atoms with van der Waals surface area (Å²) in [5, 5.41) is 0. The molecule has 62 valence electrons. The van der Waals surface area contributed by atoms with Crippen molar-refractivity contribution in [3.8, 4) is 0 Å². The van der Waals surface area contributed by atoms with Gasteiger partial charge in [0.2, 0.25) is 0 Å². The van der Waals surface area contributed by atoms with Crippen molar-refractivity contribution in [1.82, 2.24) is 0 Å². The predicted molar refractivity (Wildman–Crippen MR) is 45.1 cm³/mol. The van der Waals surface area contributed by atoms with Crippen molar-refractivity contribution in [2.75, 3.05) is 0 Å². The number of benzene rings is 1. The topological polar surface area (TPSA) is 17.1 Å². The normalized spacial score (nSPS) is 9.17. The fraction of sp³-hybridized carbons (Fsp3) is 0.200. The van der Waals surface area contributed by atoms with Crippen LogP contribution in [0.4, 0.5) is 4.39 Å². The van der Waals surface area contributed by atoms with Gasteiger partial charge in [0.1, 0.15) is 11.8 Å². The first kappa shape index (κ1) is 8.69. The Balaban J connectivity index is 2.89. The minimum atomic E-state index is -0.230. The minimum Gasteiger partial charge on any atom is -0.234 e. The van der Waals surface area contributed by atoms with Gasteiger partial charge >= 0.3 is 0 Å². The van der Waals surface area contributed by atoms with Gasteiger partial charge in [-0.1, -0.05) is 12.1 Å². The van der Waals surface area contributed by atoms with Crippen LogP contribution in [-0.2, 0) is 11.2 Å². The minimum absolute atomic E-state index is 0.230. The third-order valence-corrected chi connectivity index (χ3v) is 1.66. The average Bonchev–Trinajstić information content (AvgIpc) is 2.07. The van der Waals surface area contributed by atoms with Crippen molar-refractivity contribution in [2.45, 2.75) is 13.3 Å². The van der Waals surface area contributed by atoms with Crippen LogP contribution in [-0.4, -0.2) is 5.94 Å². The Morgan fingerprint density at radius 2 is 2.33 bits per heavy atom. The number of rotatable bonds is 2. The molecule has 1 nitrogen and oxygen atoms in total. The molecule has 0 aliphatic rings. The summed E-state index contributed by atoms with van der Waals surface area (Å²) in [6.45, 7) is 1.70. The maximum absolute atomic E-state index is 12.9. The van der Waals surface area contributed by atoms with Crippen LogP contribution in [0.25, 0.3) is 0 Å². The maximum Gasteiger partial charge on any atom is 0.126 e. The highest BCUT2D eigenvalue weighted by molar-refractivity contribution is 5.46. The number of carbonyl (C=O) groups excluding carboxylic acids is 1. The molecule has 0 radical (unpaired) electrons. The van der Waals surface area contributed by atoms with Gasteiger partial charge in [-0.25, -0.2) is 9.18 Å². The Labute approximate surface area is 70.5 Å². The zero-order valence-electron chi connectivity index (χ0n) is 6.80. The van der Waals surface area contributed by atoms with E-state index in [4.69, 9.17) is 0 Å². The lowest BCUT2D eigenvalue weighted by Crippen LogP contribution is -1.86. The molecule has 0 unspecified atom stereocenters. The molecule has 0 amide bonds. The second-order valence-corrected chi connectivity index (χ2v) is 2.61. The van der Waals surface area contributed by atoms with Crippen molar-refractivity contribution in [2.24, 2.45) is 0 Å². The van der Waals surface area contributed by atoms with E-state index in [0.29, 0.717) is 12.0 Å². The molecule has 0 fully saturated rings. The van der Waals surface area contributed by atoms with Crippen LogP contribution in [0.2, 0.25) is 0 Å². The molecule has 0 heterocycles. The Morgan fingerprint density at radius 3 is 2.92 bits per heavy atom. The van der Waals surface area contributed by atoms with Gasteiger partial charge in [-0.05, 0) is 24.1 Å². The Morgan fingerprint density at radius 1 is 1.58 bits per heavy atom. The number of hydrogen-bond acceptors (Lipinski definition) is 1. The molecule has 0 N–H and O–H groups in total. The Hall–Kier alpha value is -1.40. The van der Waals surface area contributed by atoms with E-state index in [1.165, 1.54) is 12.1 Å². The first-order chi connectivity index (χ1) is 5.74. The number of hydrogen-bond donors (Lipinski definition) is 0. The first-order valence-corrected chi connectivity index (χ1v) is 3.68. The van der Waals surface area contributed by atoms with E-state index in [-0.39, 0.29) is 5.82 Å². The van der Waals surface area contributed by atoms with Crippen LogP contribution in [0, 0.1) is 12.7 Å². The summed E-state index contributed by atoms with van der Waals surface area (Å²) < 4.78 is 12.9. The molecule has 0 saturated heterocycles. The van der Waals surface area contributed by atoms with Crippen molar-refractivity contribution < 1.29 is 9.18 Å². The quantitative estimate of drug-likeness (QED) is 0.611. The third kappa shape index (κ3) is 2.04. The SMILES string of the molecule is Cc1ccc(CC=C=O)cc1F. The highest BCUT2D eigenvalue weighted by Gasteiger charge is 1.97. The van der Waals surface area contributed by atoms with Crippen LogP contribution in [0.1, 0.15) is 11.1 Å². The van der Waals surface area contributed by atoms with Gasteiger partial charge in [-0.3, -0.25) is 0 Å². The van der Waals surface area contributed by atoms with Gasteiger partial charge in [0.05, 0.1) is 0 Å². The zero-order valence-corrected chi connectivity index (χ0v) is 6.80. The van der Waals surface area contributed by atoms with E-state index in [1.807, 2.05) is 0 Å². The molecule has 0 aliphatic carbocycles. The summed E-state index contributed by atoms with van der Waals surface area (Å²) in [5.41, 5.74) is 1.41.